The van der Waals surface area contributed by atoms with E-state index in [2.05, 4.69) is 5.10 Å². The molecule has 1 aromatic heterocycles. The number of nitrogens with zero attached hydrogens (tertiary/aromatic N) is 2. The Kier molecular flexibility index (Phi) is 4.32. The van der Waals surface area contributed by atoms with E-state index in [-0.39, 0.29) is 5.56 Å². The van der Waals surface area contributed by atoms with E-state index in [4.69, 9.17) is 5.73 Å². The summed E-state index contributed by atoms with van der Waals surface area (Å²) in [5.74, 6) is -0.518. The maximum atomic E-state index is 13.9. The molecule has 0 spiro atoms. The maximum absolute atomic E-state index is 13.9. The second kappa shape index (κ2) is 5.85. The lowest BCUT2D eigenvalue weighted by atomic mass is 9.97. The van der Waals surface area contributed by atoms with Gasteiger partial charge in [-0.15, -0.1) is 0 Å². The minimum absolute atomic E-state index is 0.226. The van der Waals surface area contributed by atoms with E-state index in [9.17, 15) is 17.6 Å². The average Bonchev–Trinajstić information content (AvgIpc) is 2.90. The molecule has 7 heteroatoms. The molecule has 114 valence electrons. The van der Waals surface area contributed by atoms with Crippen LogP contribution in [0.4, 0.5) is 17.6 Å². The van der Waals surface area contributed by atoms with Gasteiger partial charge >= 0.3 is 6.18 Å². The number of halogens is 4. The molecule has 1 heterocycles. The topological polar surface area (TPSA) is 43.8 Å². The van der Waals surface area contributed by atoms with Crippen LogP contribution in [0.25, 0.3) is 0 Å². The molecular weight excluding hydrogens is 286 g/mol. The normalized spacial score (nSPS) is 15.0. The third kappa shape index (κ3) is 3.24. The number of alkyl halides is 3. The number of hydrogen-bond donors (Lipinski definition) is 1. The number of rotatable bonds is 4. The van der Waals surface area contributed by atoms with Crippen LogP contribution in [0.5, 0.6) is 0 Å². The molecule has 0 saturated heterocycles. The molecule has 21 heavy (non-hydrogen) atoms. The SMILES string of the molecule is CCC(N)C(c1ccccc1F)n1cc(C(F)(F)F)cn1. The van der Waals surface area contributed by atoms with Crippen LogP contribution in [0.1, 0.15) is 30.5 Å². The molecule has 0 radical (unpaired) electrons. The largest absolute Gasteiger partial charge is 0.419 e. The van der Waals surface area contributed by atoms with E-state index in [0.717, 1.165) is 17.1 Å². The van der Waals surface area contributed by atoms with Gasteiger partial charge in [0.25, 0.3) is 0 Å². The molecule has 2 N–H and O–H groups in total. The number of nitrogens with two attached hydrogens (primary N) is 1. The fraction of sp³-hybridized carbons (Fsp3) is 0.357. The van der Waals surface area contributed by atoms with E-state index in [0.29, 0.717) is 6.42 Å². The first kappa shape index (κ1) is 15.5. The highest BCUT2D eigenvalue weighted by Gasteiger charge is 2.34. The smallest absolute Gasteiger partial charge is 0.326 e. The Balaban J connectivity index is 2.47. The molecule has 0 aliphatic rings. The number of benzene rings is 1. The highest BCUT2D eigenvalue weighted by molar-refractivity contribution is 5.24. The summed E-state index contributed by atoms with van der Waals surface area (Å²) in [6.45, 7) is 1.78. The number of hydrogen-bond acceptors (Lipinski definition) is 2. The van der Waals surface area contributed by atoms with E-state index >= 15 is 0 Å². The minimum atomic E-state index is -4.49. The summed E-state index contributed by atoms with van der Waals surface area (Å²) >= 11 is 0. The zero-order valence-corrected chi connectivity index (χ0v) is 11.3. The van der Waals surface area contributed by atoms with Gasteiger partial charge in [-0.3, -0.25) is 4.68 Å². The summed E-state index contributed by atoms with van der Waals surface area (Å²) in [5.41, 5.74) is 5.30. The lowest BCUT2D eigenvalue weighted by Crippen LogP contribution is -2.33. The van der Waals surface area contributed by atoms with Crippen molar-refractivity contribution in [3.05, 3.63) is 53.6 Å². The Bertz CT molecular complexity index is 606. The molecule has 1 aromatic carbocycles. The van der Waals surface area contributed by atoms with E-state index in [1.807, 2.05) is 0 Å². The summed E-state index contributed by atoms with van der Waals surface area (Å²) < 4.78 is 53.0. The third-order valence-electron chi connectivity index (χ3n) is 3.31. The molecular formula is C14H15F4N3. The molecule has 2 atom stereocenters. The fourth-order valence-electron chi connectivity index (χ4n) is 2.14. The zero-order valence-electron chi connectivity index (χ0n) is 11.3. The first-order chi connectivity index (χ1) is 9.84. The lowest BCUT2D eigenvalue weighted by molar-refractivity contribution is -0.137. The van der Waals surface area contributed by atoms with Crippen LogP contribution in [0.2, 0.25) is 0 Å². The lowest BCUT2D eigenvalue weighted by Gasteiger charge is -2.24. The van der Waals surface area contributed by atoms with Crippen LogP contribution in [-0.4, -0.2) is 15.8 Å². The Labute approximate surface area is 119 Å². The fourth-order valence-corrected chi connectivity index (χ4v) is 2.14. The van der Waals surface area contributed by atoms with Gasteiger partial charge in [-0.25, -0.2) is 4.39 Å². The van der Waals surface area contributed by atoms with E-state index in [1.165, 1.54) is 18.2 Å². The van der Waals surface area contributed by atoms with E-state index < -0.39 is 29.6 Å². The van der Waals surface area contributed by atoms with Crippen molar-refractivity contribution in [3.8, 4) is 0 Å². The van der Waals surface area contributed by atoms with Gasteiger partial charge < -0.3 is 5.73 Å². The van der Waals surface area contributed by atoms with Crippen molar-refractivity contribution in [3.63, 3.8) is 0 Å². The molecule has 0 aliphatic heterocycles. The Morgan fingerprint density at radius 1 is 1.29 bits per heavy atom. The van der Waals surface area contributed by atoms with Gasteiger partial charge in [-0.1, -0.05) is 25.1 Å². The van der Waals surface area contributed by atoms with Crippen molar-refractivity contribution in [2.45, 2.75) is 31.6 Å². The highest BCUT2D eigenvalue weighted by Crippen LogP contribution is 2.31. The second-order valence-corrected chi connectivity index (χ2v) is 4.75. The minimum Gasteiger partial charge on any atom is -0.326 e. The summed E-state index contributed by atoms with van der Waals surface area (Å²) in [4.78, 5) is 0. The van der Waals surface area contributed by atoms with Crippen LogP contribution >= 0.6 is 0 Å². The van der Waals surface area contributed by atoms with Crippen molar-refractivity contribution >= 4 is 0 Å². The Hall–Kier alpha value is -1.89. The van der Waals surface area contributed by atoms with Crippen LogP contribution in [0.3, 0.4) is 0 Å². The Morgan fingerprint density at radius 3 is 2.48 bits per heavy atom. The van der Waals surface area contributed by atoms with Crippen molar-refractivity contribution in [2.24, 2.45) is 5.73 Å². The van der Waals surface area contributed by atoms with Crippen molar-refractivity contribution in [1.29, 1.82) is 0 Å². The van der Waals surface area contributed by atoms with Crippen molar-refractivity contribution in [1.82, 2.24) is 9.78 Å². The highest BCUT2D eigenvalue weighted by atomic mass is 19.4. The summed E-state index contributed by atoms with van der Waals surface area (Å²) in [5, 5.41) is 3.72. The first-order valence-corrected chi connectivity index (χ1v) is 6.46. The molecule has 2 unspecified atom stereocenters. The number of aromatic nitrogens is 2. The summed E-state index contributed by atoms with van der Waals surface area (Å²) in [6.07, 6.45) is -2.45. The third-order valence-corrected chi connectivity index (χ3v) is 3.31. The van der Waals surface area contributed by atoms with Gasteiger partial charge in [0.05, 0.1) is 17.8 Å². The van der Waals surface area contributed by atoms with Crippen LogP contribution in [-0.2, 0) is 6.18 Å². The molecule has 0 aliphatic carbocycles. The predicted octanol–water partition coefficient (Wildman–Crippen LogP) is 3.37. The Morgan fingerprint density at radius 2 is 1.95 bits per heavy atom. The molecule has 0 bridgehead atoms. The zero-order chi connectivity index (χ0) is 15.6. The molecule has 0 amide bonds. The molecule has 0 saturated carbocycles. The molecule has 3 nitrogen and oxygen atoms in total. The monoisotopic (exact) mass is 301 g/mol. The van der Waals surface area contributed by atoms with Gasteiger partial charge in [0.15, 0.2) is 0 Å². The maximum Gasteiger partial charge on any atom is 0.419 e. The van der Waals surface area contributed by atoms with Gasteiger partial charge in [0.2, 0.25) is 0 Å². The van der Waals surface area contributed by atoms with Crippen LogP contribution in [0, 0.1) is 5.82 Å². The van der Waals surface area contributed by atoms with E-state index in [1.54, 1.807) is 13.0 Å². The summed E-state index contributed by atoms with van der Waals surface area (Å²) in [7, 11) is 0. The molecule has 0 fully saturated rings. The van der Waals surface area contributed by atoms with Gasteiger partial charge in [-0.2, -0.15) is 18.3 Å². The standard InChI is InChI=1S/C14H15F4N3/c1-2-12(19)13(10-5-3-4-6-11(10)15)21-8-9(7-20-21)14(16,17)18/h3-8,12-13H,2,19H2,1H3. The average molecular weight is 301 g/mol. The van der Waals surface area contributed by atoms with Crippen molar-refractivity contribution in [2.75, 3.05) is 0 Å². The quantitative estimate of drug-likeness (QED) is 0.880. The van der Waals surface area contributed by atoms with Crippen LogP contribution in [0.15, 0.2) is 36.7 Å². The van der Waals surface area contributed by atoms with Crippen LogP contribution < -0.4 is 5.73 Å². The van der Waals surface area contributed by atoms with Crippen molar-refractivity contribution < 1.29 is 17.6 Å². The van der Waals surface area contributed by atoms with Gasteiger partial charge in [-0.05, 0) is 12.5 Å². The van der Waals surface area contributed by atoms with Gasteiger partial charge in [0, 0.05) is 17.8 Å². The predicted molar refractivity (Wildman–Crippen MR) is 70.0 cm³/mol. The molecule has 2 rings (SSSR count). The van der Waals surface area contributed by atoms with Gasteiger partial charge in [0.1, 0.15) is 5.82 Å². The first-order valence-electron chi connectivity index (χ1n) is 6.46. The molecule has 2 aromatic rings. The second-order valence-electron chi connectivity index (χ2n) is 4.75. The summed E-state index contributed by atoms with van der Waals surface area (Å²) in [6, 6.07) is 4.54.